The molecule has 0 radical (unpaired) electrons. The van der Waals surface area contributed by atoms with Crippen molar-refractivity contribution in [1.29, 1.82) is 0 Å². The van der Waals surface area contributed by atoms with Crippen molar-refractivity contribution in [1.82, 2.24) is 20.4 Å². The maximum atomic E-state index is 12.8. The molecule has 28 heavy (non-hydrogen) atoms. The van der Waals surface area contributed by atoms with Crippen LogP contribution in [0.3, 0.4) is 0 Å². The highest BCUT2D eigenvalue weighted by molar-refractivity contribution is 5.84. The molecule has 1 aromatic heterocycles. The molecule has 1 aliphatic rings. The molecule has 0 aliphatic heterocycles. The molecule has 3 aromatic rings. The third-order valence-electron chi connectivity index (χ3n) is 6.21. The second-order valence-electron chi connectivity index (χ2n) is 8.40. The fourth-order valence-corrected chi connectivity index (χ4v) is 4.06. The summed E-state index contributed by atoms with van der Waals surface area (Å²) in [4.78, 5) is 15.0. The number of rotatable bonds is 7. The van der Waals surface area contributed by atoms with Crippen LogP contribution in [0, 0.1) is 5.92 Å². The van der Waals surface area contributed by atoms with E-state index in [1.807, 2.05) is 24.4 Å². The lowest BCUT2D eigenvalue weighted by Crippen LogP contribution is -2.42. The molecule has 1 amide bonds. The maximum absolute atomic E-state index is 12.8. The van der Waals surface area contributed by atoms with Crippen LogP contribution in [0.4, 0.5) is 0 Å². The Morgan fingerprint density at radius 3 is 2.82 bits per heavy atom. The van der Waals surface area contributed by atoms with E-state index < -0.39 is 0 Å². The predicted molar refractivity (Wildman–Crippen MR) is 112 cm³/mol. The summed E-state index contributed by atoms with van der Waals surface area (Å²) in [6.45, 7) is 2.84. The topological polar surface area (TPSA) is 61.0 Å². The number of H-pyrrole nitrogens is 1. The number of nitrogens with one attached hydrogen (secondary N) is 2. The molecule has 146 valence electrons. The Kier molecular flexibility index (Phi) is 4.94. The molecule has 1 aliphatic carbocycles. The molecule has 5 nitrogen and oxygen atoms in total. The Balaban J connectivity index is 1.37. The van der Waals surface area contributed by atoms with Crippen molar-refractivity contribution in [2.24, 2.45) is 5.92 Å². The first kappa shape index (κ1) is 18.7. The molecular formula is C23H28N4O. The zero-order valence-electron chi connectivity index (χ0n) is 16.8. The molecule has 5 heteroatoms. The summed E-state index contributed by atoms with van der Waals surface area (Å²) in [6, 6.07) is 17.0. The third-order valence-corrected chi connectivity index (χ3v) is 6.21. The molecule has 1 fully saturated rings. The number of fused-ring (bicyclic) bond motifs is 1. The molecule has 4 rings (SSSR count). The second kappa shape index (κ2) is 7.40. The average molecular weight is 377 g/mol. The number of aromatic nitrogens is 2. The van der Waals surface area contributed by atoms with Gasteiger partial charge in [-0.15, -0.1) is 0 Å². The lowest BCUT2D eigenvalue weighted by atomic mass is 9.95. The van der Waals surface area contributed by atoms with E-state index in [-0.39, 0.29) is 23.3 Å². The van der Waals surface area contributed by atoms with Crippen molar-refractivity contribution in [3.05, 3.63) is 65.9 Å². The van der Waals surface area contributed by atoms with E-state index in [1.165, 1.54) is 11.1 Å². The normalized spacial score (nSPS) is 22.4. The van der Waals surface area contributed by atoms with Crippen LogP contribution < -0.4 is 5.32 Å². The fraction of sp³-hybridized carbons (Fsp3) is 0.391. The quantitative estimate of drug-likeness (QED) is 0.666. The largest absolute Gasteiger partial charge is 0.354 e. The van der Waals surface area contributed by atoms with Crippen LogP contribution in [-0.4, -0.2) is 47.7 Å². The Morgan fingerprint density at radius 2 is 2.07 bits per heavy atom. The Labute approximate surface area is 166 Å². The van der Waals surface area contributed by atoms with E-state index in [4.69, 9.17) is 0 Å². The van der Waals surface area contributed by atoms with Gasteiger partial charge in [0.1, 0.15) is 0 Å². The minimum absolute atomic E-state index is 0.0225. The van der Waals surface area contributed by atoms with Crippen LogP contribution in [0.15, 0.2) is 54.7 Å². The highest BCUT2D eigenvalue weighted by Crippen LogP contribution is 2.53. The fourth-order valence-electron chi connectivity index (χ4n) is 4.06. The highest BCUT2D eigenvalue weighted by atomic mass is 16.2. The van der Waals surface area contributed by atoms with Gasteiger partial charge < -0.3 is 10.2 Å². The van der Waals surface area contributed by atoms with Gasteiger partial charge in [-0.1, -0.05) is 43.3 Å². The summed E-state index contributed by atoms with van der Waals surface area (Å²) in [6.07, 6.45) is 3.66. The molecular weight excluding hydrogens is 348 g/mol. The van der Waals surface area contributed by atoms with Crippen LogP contribution in [-0.2, 0) is 16.6 Å². The molecule has 3 atom stereocenters. The predicted octanol–water partition coefficient (Wildman–Crippen LogP) is 3.13. The standard InChI is InChI=1S/C23H28N4O/c1-23(18-7-5-4-6-8-18)13-20(23)22(28)24-15-19(27(2)3)12-16-9-10-21-17(11-16)14-25-26-21/h4-11,14,19-20H,12-13,15H2,1-3H3,(H,24,28)(H,25,26)/t19-,20-,23+/m0/s1. The van der Waals surface area contributed by atoms with Gasteiger partial charge in [-0.05, 0) is 50.2 Å². The van der Waals surface area contributed by atoms with Crippen molar-refractivity contribution in [3.8, 4) is 0 Å². The molecule has 0 unspecified atom stereocenters. The van der Waals surface area contributed by atoms with E-state index in [9.17, 15) is 4.79 Å². The van der Waals surface area contributed by atoms with Crippen LogP contribution in [0.5, 0.6) is 0 Å². The number of nitrogens with zero attached hydrogens (tertiary/aromatic N) is 2. The number of amides is 1. The third kappa shape index (κ3) is 3.67. The van der Waals surface area contributed by atoms with Gasteiger partial charge in [0.2, 0.25) is 5.91 Å². The van der Waals surface area contributed by atoms with Crippen LogP contribution in [0.1, 0.15) is 24.5 Å². The number of hydrogen-bond acceptors (Lipinski definition) is 3. The second-order valence-corrected chi connectivity index (χ2v) is 8.40. The van der Waals surface area contributed by atoms with Crippen molar-refractivity contribution < 1.29 is 4.79 Å². The van der Waals surface area contributed by atoms with Gasteiger partial charge in [-0.3, -0.25) is 9.89 Å². The summed E-state index contributed by atoms with van der Waals surface area (Å²) in [5.41, 5.74) is 3.54. The summed E-state index contributed by atoms with van der Waals surface area (Å²) in [5, 5.41) is 11.4. The van der Waals surface area contributed by atoms with Gasteiger partial charge in [0.05, 0.1) is 11.7 Å². The molecule has 0 spiro atoms. The smallest absolute Gasteiger partial charge is 0.224 e. The van der Waals surface area contributed by atoms with E-state index in [0.29, 0.717) is 6.54 Å². The number of carbonyl (C=O) groups excluding carboxylic acids is 1. The lowest BCUT2D eigenvalue weighted by molar-refractivity contribution is -0.122. The average Bonchev–Trinajstić information content (AvgIpc) is 3.19. The van der Waals surface area contributed by atoms with Crippen molar-refractivity contribution in [2.45, 2.75) is 31.2 Å². The van der Waals surface area contributed by atoms with E-state index in [1.54, 1.807) is 0 Å². The first-order valence-corrected chi connectivity index (χ1v) is 9.89. The zero-order valence-corrected chi connectivity index (χ0v) is 16.8. The SMILES string of the molecule is CN(C)[C@H](CNC(=O)[C@@H]1C[C@]1(C)c1ccccc1)Cc1ccc2[nH]ncc2c1. The van der Waals surface area contributed by atoms with Gasteiger partial charge in [0, 0.05) is 29.3 Å². The Morgan fingerprint density at radius 1 is 1.29 bits per heavy atom. The van der Waals surface area contributed by atoms with Crippen LogP contribution in [0.25, 0.3) is 10.9 Å². The Bertz CT molecular complexity index is 965. The van der Waals surface area contributed by atoms with E-state index >= 15 is 0 Å². The first-order valence-electron chi connectivity index (χ1n) is 9.89. The number of hydrogen-bond donors (Lipinski definition) is 2. The number of likely N-dealkylation sites (N-methyl/N-ethyl adjacent to an activating group) is 1. The zero-order chi connectivity index (χ0) is 19.7. The van der Waals surface area contributed by atoms with Gasteiger partial charge in [0.15, 0.2) is 0 Å². The van der Waals surface area contributed by atoms with Gasteiger partial charge in [0.25, 0.3) is 0 Å². The van der Waals surface area contributed by atoms with Crippen LogP contribution in [0.2, 0.25) is 0 Å². The molecule has 1 saturated carbocycles. The molecule has 2 aromatic carbocycles. The molecule has 1 heterocycles. The van der Waals surface area contributed by atoms with E-state index in [0.717, 1.165) is 23.7 Å². The summed E-state index contributed by atoms with van der Waals surface area (Å²) >= 11 is 0. The van der Waals surface area contributed by atoms with Gasteiger partial charge in [-0.2, -0.15) is 5.10 Å². The summed E-state index contributed by atoms with van der Waals surface area (Å²) in [5.74, 6) is 0.239. The molecule has 0 saturated heterocycles. The minimum atomic E-state index is -0.0225. The minimum Gasteiger partial charge on any atom is -0.354 e. The monoisotopic (exact) mass is 376 g/mol. The van der Waals surface area contributed by atoms with Crippen molar-refractivity contribution >= 4 is 16.8 Å². The van der Waals surface area contributed by atoms with Crippen LogP contribution >= 0.6 is 0 Å². The van der Waals surface area contributed by atoms with Gasteiger partial charge >= 0.3 is 0 Å². The summed E-state index contributed by atoms with van der Waals surface area (Å²) < 4.78 is 0. The Hall–Kier alpha value is -2.66. The molecule has 2 N–H and O–H groups in total. The van der Waals surface area contributed by atoms with Crippen molar-refractivity contribution in [3.63, 3.8) is 0 Å². The summed E-state index contributed by atoms with van der Waals surface area (Å²) in [7, 11) is 4.14. The molecule has 0 bridgehead atoms. The van der Waals surface area contributed by atoms with E-state index in [2.05, 4.69) is 71.8 Å². The van der Waals surface area contributed by atoms with Gasteiger partial charge in [-0.25, -0.2) is 0 Å². The first-order chi connectivity index (χ1) is 13.5. The number of carbonyl (C=O) groups is 1. The maximum Gasteiger partial charge on any atom is 0.224 e. The lowest BCUT2D eigenvalue weighted by Gasteiger charge is -2.25. The highest BCUT2D eigenvalue weighted by Gasteiger charge is 2.55. The number of benzene rings is 2. The number of aromatic amines is 1. The van der Waals surface area contributed by atoms with Crippen molar-refractivity contribution in [2.75, 3.05) is 20.6 Å².